The Kier molecular flexibility index (Phi) is 9.24. The smallest absolute Gasteiger partial charge is 0.387 e. The van der Waals surface area contributed by atoms with Gasteiger partial charge in [-0.3, -0.25) is 9.69 Å². The fraction of sp³-hybridized carbons (Fsp3) is 0.357. The predicted octanol–water partition coefficient (Wildman–Crippen LogP) is 9.36. The van der Waals surface area contributed by atoms with Gasteiger partial charge in [-0.2, -0.15) is 8.78 Å². The molecular formula is C42H42F2N4O5. The number of esters is 1. The average molecular weight is 721 g/mol. The molecule has 0 radical (unpaired) electrons. The molecule has 2 aromatic heterocycles. The summed E-state index contributed by atoms with van der Waals surface area (Å²) in [6.07, 6.45) is 3.96. The standard InChI is InChI=1S/C42H42F2N4O5/c1-24-28(9-5-11-30(24)38-46-33-19-26(14-15-35(33)51-38)22-48-18-8-16-42(48,3)4)29-10-6-12-31(25(29)2)39-47-34-20-27(23-50-40(49)32-13-7-17-45-32)36(53-41(43)44)21-37(34)52-39/h5-6,9-12,14-15,19-21,32,41,45H,7-8,13,16-18,22-23H2,1-4H3/t32-/m0/s1. The average Bonchev–Trinajstić information content (AvgIpc) is 3.94. The maximum Gasteiger partial charge on any atom is 0.387 e. The van der Waals surface area contributed by atoms with Crippen molar-refractivity contribution in [2.75, 3.05) is 13.1 Å². The summed E-state index contributed by atoms with van der Waals surface area (Å²) in [7, 11) is 0. The summed E-state index contributed by atoms with van der Waals surface area (Å²) in [5.74, 6) is 0.327. The molecule has 2 aliphatic heterocycles. The van der Waals surface area contributed by atoms with Crippen LogP contribution in [0, 0.1) is 13.8 Å². The number of likely N-dealkylation sites (tertiary alicyclic amines) is 1. The van der Waals surface area contributed by atoms with Crippen LogP contribution in [0.3, 0.4) is 0 Å². The number of aromatic nitrogens is 2. The number of hydrogen-bond donors (Lipinski definition) is 1. The molecular weight excluding hydrogens is 678 g/mol. The van der Waals surface area contributed by atoms with Gasteiger partial charge in [0.05, 0.1) is 0 Å². The first-order valence-corrected chi connectivity index (χ1v) is 18.2. The van der Waals surface area contributed by atoms with E-state index in [1.807, 2.05) is 43.3 Å². The van der Waals surface area contributed by atoms with Crippen LogP contribution in [0.25, 0.3) is 56.2 Å². The molecule has 0 aliphatic carbocycles. The predicted molar refractivity (Wildman–Crippen MR) is 199 cm³/mol. The van der Waals surface area contributed by atoms with Gasteiger partial charge in [-0.25, -0.2) is 9.97 Å². The number of rotatable bonds is 10. The second-order valence-corrected chi connectivity index (χ2v) is 14.7. The Labute approximate surface area is 306 Å². The minimum atomic E-state index is -3.07. The molecule has 0 amide bonds. The van der Waals surface area contributed by atoms with E-state index in [-0.39, 0.29) is 29.0 Å². The van der Waals surface area contributed by atoms with Crippen LogP contribution in [0.2, 0.25) is 0 Å². The van der Waals surface area contributed by atoms with Gasteiger partial charge in [0, 0.05) is 34.8 Å². The first-order chi connectivity index (χ1) is 25.5. The highest BCUT2D eigenvalue weighted by atomic mass is 19.3. The van der Waals surface area contributed by atoms with Crippen molar-refractivity contribution in [3.63, 3.8) is 0 Å². The third-order valence-electron chi connectivity index (χ3n) is 10.8. The highest BCUT2D eigenvalue weighted by Crippen LogP contribution is 2.39. The van der Waals surface area contributed by atoms with Gasteiger partial charge in [-0.1, -0.05) is 30.3 Å². The van der Waals surface area contributed by atoms with Crippen LogP contribution in [-0.4, -0.2) is 52.1 Å². The molecule has 0 unspecified atom stereocenters. The number of fused-ring (bicyclic) bond motifs is 2. The highest BCUT2D eigenvalue weighted by Gasteiger charge is 2.32. The van der Waals surface area contributed by atoms with Gasteiger partial charge < -0.3 is 23.6 Å². The van der Waals surface area contributed by atoms with E-state index in [1.165, 1.54) is 24.5 Å². The summed E-state index contributed by atoms with van der Waals surface area (Å²) in [4.78, 5) is 24.7. The minimum Gasteiger partial charge on any atom is -0.460 e. The number of nitrogens with zero attached hydrogens (tertiary/aromatic N) is 3. The first kappa shape index (κ1) is 34.9. The fourth-order valence-corrected chi connectivity index (χ4v) is 7.75. The summed E-state index contributed by atoms with van der Waals surface area (Å²) in [5.41, 5.74) is 9.53. The van der Waals surface area contributed by atoms with Crippen molar-refractivity contribution >= 4 is 28.2 Å². The molecule has 4 aromatic carbocycles. The quantitative estimate of drug-likeness (QED) is 0.139. The van der Waals surface area contributed by atoms with E-state index in [1.54, 1.807) is 6.07 Å². The van der Waals surface area contributed by atoms with Gasteiger partial charge in [0.2, 0.25) is 11.8 Å². The van der Waals surface area contributed by atoms with E-state index in [0.29, 0.717) is 23.7 Å². The third-order valence-corrected chi connectivity index (χ3v) is 10.8. The zero-order valence-corrected chi connectivity index (χ0v) is 30.3. The van der Waals surface area contributed by atoms with Crippen molar-refractivity contribution in [3.8, 4) is 39.8 Å². The Morgan fingerprint density at radius 2 is 1.57 bits per heavy atom. The van der Waals surface area contributed by atoms with Gasteiger partial charge in [-0.15, -0.1) is 0 Å². The van der Waals surface area contributed by atoms with Crippen LogP contribution in [0.4, 0.5) is 8.78 Å². The summed E-state index contributed by atoms with van der Waals surface area (Å²) >= 11 is 0. The Morgan fingerprint density at radius 3 is 2.19 bits per heavy atom. The Morgan fingerprint density at radius 1 is 0.906 bits per heavy atom. The van der Waals surface area contributed by atoms with Crippen molar-refractivity contribution in [2.45, 2.75) is 84.7 Å². The van der Waals surface area contributed by atoms with Crippen LogP contribution in [0.15, 0.2) is 75.6 Å². The van der Waals surface area contributed by atoms with Crippen molar-refractivity contribution in [2.24, 2.45) is 0 Å². The van der Waals surface area contributed by atoms with Crippen LogP contribution < -0.4 is 10.1 Å². The number of carbonyl (C=O) groups is 1. The van der Waals surface area contributed by atoms with E-state index < -0.39 is 18.6 Å². The molecule has 1 atom stereocenters. The Balaban J connectivity index is 1.08. The minimum absolute atomic E-state index is 0.133. The zero-order valence-electron chi connectivity index (χ0n) is 30.3. The maximum absolute atomic E-state index is 13.4. The lowest BCUT2D eigenvalue weighted by molar-refractivity contribution is -0.147. The van der Waals surface area contributed by atoms with Crippen LogP contribution >= 0.6 is 0 Å². The molecule has 0 bridgehead atoms. The summed E-state index contributed by atoms with van der Waals surface area (Å²) in [5, 5.41) is 3.08. The number of oxazole rings is 2. The van der Waals surface area contributed by atoms with E-state index in [2.05, 4.69) is 49.2 Å². The number of hydrogen-bond acceptors (Lipinski definition) is 9. The van der Waals surface area contributed by atoms with E-state index in [0.717, 1.165) is 70.5 Å². The second kappa shape index (κ2) is 14.0. The molecule has 0 spiro atoms. The number of nitrogens with one attached hydrogen (secondary N) is 1. The number of halogens is 2. The second-order valence-electron chi connectivity index (χ2n) is 14.7. The van der Waals surface area contributed by atoms with Gasteiger partial charge in [0.25, 0.3) is 0 Å². The maximum atomic E-state index is 13.4. The summed E-state index contributed by atoms with van der Waals surface area (Å²) in [6, 6.07) is 20.8. The number of alkyl halides is 2. The van der Waals surface area contributed by atoms with E-state index in [4.69, 9.17) is 28.3 Å². The van der Waals surface area contributed by atoms with Gasteiger partial charge in [0.15, 0.2) is 11.2 Å². The number of carbonyl (C=O) groups excluding carboxylic acids is 1. The monoisotopic (exact) mass is 720 g/mol. The van der Waals surface area contributed by atoms with Gasteiger partial charge >= 0.3 is 12.6 Å². The molecule has 53 heavy (non-hydrogen) atoms. The topological polar surface area (TPSA) is 103 Å². The number of ether oxygens (including phenoxy) is 2. The lowest BCUT2D eigenvalue weighted by atomic mass is 9.91. The van der Waals surface area contributed by atoms with Crippen LogP contribution in [-0.2, 0) is 22.7 Å². The Hall–Kier alpha value is -5.13. The SMILES string of the molecule is Cc1c(-c2nc3cc(CN4CCCC4(C)C)ccc3o2)cccc1-c1cccc(-c2nc3cc(COC(=O)[C@@H]4CCCN4)c(OC(F)F)cc3o2)c1C. The molecule has 1 N–H and O–H groups in total. The molecule has 2 saturated heterocycles. The van der Waals surface area contributed by atoms with Crippen LogP contribution in [0.1, 0.15) is 61.8 Å². The summed E-state index contributed by atoms with van der Waals surface area (Å²) in [6.45, 7) is 8.09. The molecule has 0 saturated carbocycles. The van der Waals surface area contributed by atoms with Crippen molar-refractivity contribution in [1.82, 2.24) is 20.2 Å². The number of benzene rings is 4. The van der Waals surface area contributed by atoms with Crippen molar-refractivity contribution in [3.05, 3.63) is 89.0 Å². The molecule has 11 heteroatoms. The van der Waals surface area contributed by atoms with Crippen LogP contribution in [0.5, 0.6) is 5.75 Å². The zero-order chi connectivity index (χ0) is 36.9. The molecule has 274 valence electrons. The normalized spacial score (nSPS) is 17.4. The van der Waals surface area contributed by atoms with Crippen molar-refractivity contribution in [1.29, 1.82) is 0 Å². The highest BCUT2D eigenvalue weighted by molar-refractivity contribution is 5.85. The fourth-order valence-electron chi connectivity index (χ4n) is 7.75. The first-order valence-electron chi connectivity index (χ1n) is 18.2. The van der Waals surface area contributed by atoms with E-state index >= 15 is 0 Å². The molecule has 2 aliphatic rings. The third kappa shape index (κ3) is 6.91. The van der Waals surface area contributed by atoms with Gasteiger partial charge in [-0.05, 0) is 125 Å². The lowest BCUT2D eigenvalue weighted by Crippen LogP contribution is -2.37. The molecule has 4 heterocycles. The lowest BCUT2D eigenvalue weighted by Gasteiger charge is -2.31. The Bertz CT molecular complexity index is 2320. The molecule has 2 fully saturated rings. The summed E-state index contributed by atoms with van der Waals surface area (Å²) < 4.78 is 49.5. The van der Waals surface area contributed by atoms with Gasteiger partial charge in [0.1, 0.15) is 29.4 Å². The molecule has 8 rings (SSSR count). The largest absolute Gasteiger partial charge is 0.460 e. The molecule has 6 aromatic rings. The van der Waals surface area contributed by atoms with Crippen molar-refractivity contribution < 1.29 is 31.9 Å². The molecule has 9 nitrogen and oxygen atoms in total. The van der Waals surface area contributed by atoms with E-state index in [9.17, 15) is 13.6 Å².